The van der Waals surface area contributed by atoms with Crippen LogP contribution in [-0.2, 0) is 6.54 Å². The van der Waals surface area contributed by atoms with E-state index in [4.69, 9.17) is 5.73 Å². The molecule has 0 aliphatic heterocycles. The summed E-state index contributed by atoms with van der Waals surface area (Å²) in [7, 11) is 0. The van der Waals surface area contributed by atoms with Crippen LogP contribution in [0.3, 0.4) is 0 Å². The van der Waals surface area contributed by atoms with Gasteiger partial charge in [0.25, 0.3) is 0 Å². The summed E-state index contributed by atoms with van der Waals surface area (Å²) < 4.78 is 2.08. The topological polar surface area (TPSA) is 67.7 Å². The second-order valence-corrected chi connectivity index (χ2v) is 6.16. The van der Waals surface area contributed by atoms with Crippen molar-refractivity contribution in [2.75, 3.05) is 0 Å². The van der Waals surface area contributed by atoms with E-state index in [1.807, 2.05) is 18.3 Å². The van der Waals surface area contributed by atoms with E-state index < -0.39 is 0 Å². The third-order valence-corrected chi connectivity index (χ3v) is 4.36. The first kappa shape index (κ1) is 14.9. The lowest BCUT2D eigenvalue weighted by Crippen LogP contribution is -2.39. The molecule has 2 heterocycles. The zero-order valence-electron chi connectivity index (χ0n) is 13.3. The van der Waals surface area contributed by atoms with E-state index in [-0.39, 0.29) is 0 Å². The minimum Gasteiger partial charge on any atom is -0.370 e. The van der Waals surface area contributed by atoms with Crippen LogP contribution in [-0.4, -0.2) is 21.4 Å². The van der Waals surface area contributed by atoms with Crippen molar-refractivity contribution in [3.63, 3.8) is 0 Å². The average molecular weight is 299 g/mol. The number of hydrogen-bond acceptors (Lipinski definition) is 2. The summed E-state index contributed by atoms with van der Waals surface area (Å²) in [6, 6.07) is 6.58. The van der Waals surface area contributed by atoms with Gasteiger partial charge in [-0.05, 0) is 31.9 Å². The third-order valence-electron chi connectivity index (χ3n) is 4.36. The molecule has 2 aromatic rings. The van der Waals surface area contributed by atoms with E-state index in [2.05, 4.69) is 32.7 Å². The van der Waals surface area contributed by atoms with Gasteiger partial charge in [0.05, 0.1) is 12.2 Å². The number of nitrogens with zero attached hydrogens (tertiary/aromatic N) is 3. The molecule has 5 nitrogen and oxygen atoms in total. The summed E-state index contributed by atoms with van der Waals surface area (Å²) in [6.07, 6.45) is 9.69. The van der Waals surface area contributed by atoms with Crippen molar-refractivity contribution in [3.05, 3.63) is 35.8 Å². The van der Waals surface area contributed by atoms with Crippen molar-refractivity contribution in [1.82, 2.24) is 14.7 Å². The fraction of sp³-hybridized carbons (Fsp3) is 0.529. The fourth-order valence-corrected chi connectivity index (χ4v) is 3.12. The van der Waals surface area contributed by atoms with E-state index in [1.54, 1.807) is 0 Å². The maximum Gasteiger partial charge on any atom is 0.189 e. The van der Waals surface area contributed by atoms with Crippen molar-refractivity contribution in [2.45, 2.75) is 58.0 Å². The molecule has 1 fully saturated rings. The number of nitrogens with two attached hydrogens (primary N) is 1. The number of guanidine groups is 1. The molecule has 3 rings (SSSR count). The Morgan fingerprint density at radius 1 is 1.32 bits per heavy atom. The Labute approximate surface area is 131 Å². The molecule has 1 saturated carbocycles. The number of aliphatic imine (C=N–C) groups is 1. The molecule has 0 unspecified atom stereocenters. The number of aromatic nitrogens is 2. The van der Waals surface area contributed by atoms with Gasteiger partial charge in [-0.1, -0.05) is 31.7 Å². The first-order chi connectivity index (χ1) is 10.7. The summed E-state index contributed by atoms with van der Waals surface area (Å²) in [6.45, 7) is 2.59. The highest BCUT2D eigenvalue weighted by Gasteiger charge is 2.12. The maximum atomic E-state index is 6.03. The van der Waals surface area contributed by atoms with Gasteiger partial charge in [-0.2, -0.15) is 0 Å². The van der Waals surface area contributed by atoms with Gasteiger partial charge in [-0.25, -0.2) is 9.98 Å². The Bertz CT molecular complexity index is 650. The Morgan fingerprint density at radius 3 is 2.82 bits per heavy atom. The molecule has 2 aromatic heterocycles. The molecule has 0 spiro atoms. The van der Waals surface area contributed by atoms with Crippen LogP contribution in [0.25, 0.3) is 5.65 Å². The van der Waals surface area contributed by atoms with Crippen LogP contribution < -0.4 is 11.1 Å². The lowest BCUT2D eigenvalue weighted by atomic mass is 10.1. The van der Waals surface area contributed by atoms with Crippen LogP contribution in [0.15, 0.2) is 29.4 Å². The summed E-state index contributed by atoms with van der Waals surface area (Å²) in [5, 5.41) is 3.37. The van der Waals surface area contributed by atoms with Gasteiger partial charge in [0.15, 0.2) is 5.96 Å². The molecule has 0 amide bonds. The molecule has 5 heteroatoms. The lowest BCUT2D eigenvalue weighted by molar-refractivity contribution is 0.530. The highest BCUT2D eigenvalue weighted by atomic mass is 15.1. The Balaban J connectivity index is 1.62. The van der Waals surface area contributed by atoms with Gasteiger partial charge in [0.1, 0.15) is 5.65 Å². The smallest absolute Gasteiger partial charge is 0.189 e. The zero-order valence-corrected chi connectivity index (χ0v) is 13.3. The number of rotatable bonds is 3. The molecule has 3 N–H and O–H groups in total. The first-order valence-electron chi connectivity index (χ1n) is 8.22. The molecule has 118 valence electrons. The largest absolute Gasteiger partial charge is 0.370 e. The van der Waals surface area contributed by atoms with Crippen LogP contribution in [0.4, 0.5) is 0 Å². The second-order valence-electron chi connectivity index (χ2n) is 6.16. The van der Waals surface area contributed by atoms with E-state index in [1.165, 1.54) is 44.2 Å². The zero-order chi connectivity index (χ0) is 15.4. The van der Waals surface area contributed by atoms with Gasteiger partial charge in [0, 0.05) is 17.9 Å². The molecule has 1 aliphatic rings. The SMILES string of the molecule is Cc1cccc2nc(CN=C(N)NC3CCCCCC3)cn12. The number of hydrogen-bond donors (Lipinski definition) is 2. The van der Waals surface area contributed by atoms with Gasteiger partial charge in [0.2, 0.25) is 0 Å². The monoisotopic (exact) mass is 299 g/mol. The predicted octanol–water partition coefficient (Wildman–Crippen LogP) is 2.77. The second kappa shape index (κ2) is 6.81. The van der Waals surface area contributed by atoms with Gasteiger partial charge < -0.3 is 15.5 Å². The van der Waals surface area contributed by atoms with Crippen molar-refractivity contribution in [2.24, 2.45) is 10.7 Å². The Kier molecular flexibility index (Phi) is 4.61. The van der Waals surface area contributed by atoms with Crippen LogP contribution in [0.2, 0.25) is 0 Å². The van der Waals surface area contributed by atoms with Crippen molar-refractivity contribution >= 4 is 11.6 Å². The van der Waals surface area contributed by atoms with Crippen molar-refractivity contribution < 1.29 is 0 Å². The van der Waals surface area contributed by atoms with Gasteiger partial charge in [-0.3, -0.25) is 0 Å². The molecule has 22 heavy (non-hydrogen) atoms. The van der Waals surface area contributed by atoms with Crippen LogP contribution >= 0.6 is 0 Å². The minimum absolute atomic E-state index is 0.481. The van der Waals surface area contributed by atoms with Crippen LogP contribution in [0.1, 0.15) is 49.9 Å². The maximum absolute atomic E-state index is 6.03. The number of pyridine rings is 1. The number of imidazole rings is 1. The molecular formula is C17H25N5. The number of fused-ring (bicyclic) bond motifs is 1. The fourth-order valence-electron chi connectivity index (χ4n) is 3.12. The third kappa shape index (κ3) is 3.59. The van der Waals surface area contributed by atoms with E-state index in [0.29, 0.717) is 18.5 Å². The summed E-state index contributed by atoms with van der Waals surface area (Å²) in [5.41, 5.74) is 9.11. The van der Waals surface area contributed by atoms with Gasteiger partial charge >= 0.3 is 0 Å². The quantitative estimate of drug-likeness (QED) is 0.520. The number of nitrogens with one attached hydrogen (secondary N) is 1. The minimum atomic E-state index is 0.481. The van der Waals surface area contributed by atoms with Crippen LogP contribution in [0.5, 0.6) is 0 Å². The molecule has 0 bridgehead atoms. The standard InChI is InChI=1S/C17H25N5/c1-13-7-6-10-16-20-15(12-22(13)16)11-19-17(18)21-14-8-4-2-3-5-9-14/h6-7,10,12,14H,2-5,8-9,11H2,1H3,(H3,18,19,21). The molecular weight excluding hydrogens is 274 g/mol. The average Bonchev–Trinajstić information content (AvgIpc) is 2.76. The van der Waals surface area contributed by atoms with Gasteiger partial charge in [-0.15, -0.1) is 0 Å². The van der Waals surface area contributed by atoms with Crippen molar-refractivity contribution in [1.29, 1.82) is 0 Å². The molecule has 0 aromatic carbocycles. The predicted molar refractivity (Wildman–Crippen MR) is 89.9 cm³/mol. The molecule has 0 atom stereocenters. The Hall–Kier alpha value is -2.04. The van der Waals surface area contributed by atoms with E-state index in [0.717, 1.165) is 11.3 Å². The summed E-state index contributed by atoms with van der Waals surface area (Å²) in [5.74, 6) is 0.542. The summed E-state index contributed by atoms with van der Waals surface area (Å²) in [4.78, 5) is 9.03. The summed E-state index contributed by atoms with van der Waals surface area (Å²) >= 11 is 0. The highest BCUT2D eigenvalue weighted by Crippen LogP contribution is 2.17. The van der Waals surface area contributed by atoms with Crippen molar-refractivity contribution in [3.8, 4) is 0 Å². The van der Waals surface area contributed by atoms with E-state index >= 15 is 0 Å². The molecule has 0 radical (unpaired) electrons. The lowest BCUT2D eigenvalue weighted by Gasteiger charge is -2.16. The van der Waals surface area contributed by atoms with Crippen LogP contribution in [0, 0.1) is 6.92 Å². The van der Waals surface area contributed by atoms with E-state index in [9.17, 15) is 0 Å². The molecule has 0 saturated heterocycles. The number of aryl methyl sites for hydroxylation is 1. The molecule has 1 aliphatic carbocycles. The Morgan fingerprint density at radius 2 is 2.09 bits per heavy atom. The normalized spacial score (nSPS) is 17.6. The first-order valence-corrected chi connectivity index (χ1v) is 8.22. The highest BCUT2D eigenvalue weighted by molar-refractivity contribution is 5.78.